The van der Waals surface area contributed by atoms with Crippen molar-refractivity contribution in [2.24, 2.45) is 7.05 Å². The van der Waals surface area contributed by atoms with Crippen molar-refractivity contribution < 1.29 is 9.59 Å². The molecule has 0 saturated carbocycles. The fraction of sp³-hybridized carbons (Fsp3) is 0.300. The molecule has 0 aliphatic carbocycles. The largest absolute Gasteiger partial charge is 0.397 e. The minimum atomic E-state index is -0.229. The second-order valence-corrected chi connectivity index (χ2v) is 8.08. The number of nitrogens with zero attached hydrogens (tertiary/aromatic N) is 2. The number of aromatic nitrogens is 1. The highest BCUT2D eigenvalue weighted by atomic mass is 32.1. The van der Waals surface area contributed by atoms with Crippen molar-refractivity contribution in [3.05, 3.63) is 47.1 Å². The Hall–Kier alpha value is -2.84. The highest BCUT2D eigenvalue weighted by Gasteiger charge is 2.13. The third kappa shape index (κ3) is 4.71. The predicted molar refractivity (Wildman–Crippen MR) is 115 cm³/mol. The number of aryl methyl sites for hydroxylation is 1. The summed E-state index contributed by atoms with van der Waals surface area (Å²) in [6.45, 7) is 1.58. The fourth-order valence-electron chi connectivity index (χ4n) is 2.93. The summed E-state index contributed by atoms with van der Waals surface area (Å²) in [4.78, 5) is 27.5. The Morgan fingerprint density at radius 1 is 1.18 bits per heavy atom. The zero-order valence-corrected chi connectivity index (χ0v) is 17.1. The van der Waals surface area contributed by atoms with Gasteiger partial charge in [-0.2, -0.15) is 0 Å². The maximum atomic E-state index is 12.4. The third-order valence-corrected chi connectivity index (χ3v) is 5.44. The SMILES string of the molecule is CN(C)CCCNC(=O)c1cc2cc(NC(=O)c3cc(N)cn3C)ccc2s1. The van der Waals surface area contributed by atoms with Crippen molar-refractivity contribution in [3.63, 3.8) is 0 Å². The number of thiophene rings is 1. The number of amides is 2. The highest BCUT2D eigenvalue weighted by Crippen LogP contribution is 2.28. The zero-order chi connectivity index (χ0) is 20.3. The lowest BCUT2D eigenvalue weighted by atomic mass is 10.2. The Bertz CT molecular complexity index is 1010. The molecule has 28 heavy (non-hydrogen) atoms. The van der Waals surface area contributed by atoms with Crippen LogP contribution in [0.4, 0.5) is 11.4 Å². The molecule has 7 nitrogen and oxygen atoms in total. The molecule has 0 aliphatic heterocycles. The van der Waals surface area contributed by atoms with E-state index in [9.17, 15) is 9.59 Å². The van der Waals surface area contributed by atoms with Crippen LogP contribution in [0.2, 0.25) is 0 Å². The van der Waals surface area contributed by atoms with Gasteiger partial charge in [-0.1, -0.05) is 0 Å². The van der Waals surface area contributed by atoms with Crippen LogP contribution >= 0.6 is 11.3 Å². The van der Waals surface area contributed by atoms with Crippen LogP contribution in [-0.2, 0) is 7.05 Å². The second-order valence-electron chi connectivity index (χ2n) is 7.00. The Morgan fingerprint density at radius 3 is 2.64 bits per heavy atom. The van der Waals surface area contributed by atoms with Crippen molar-refractivity contribution in [3.8, 4) is 0 Å². The van der Waals surface area contributed by atoms with Crippen molar-refractivity contribution in [2.45, 2.75) is 6.42 Å². The smallest absolute Gasteiger partial charge is 0.272 e. The Kier molecular flexibility index (Phi) is 6.01. The minimum absolute atomic E-state index is 0.0650. The Balaban J connectivity index is 1.68. The topological polar surface area (TPSA) is 92.4 Å². The molecule has 0 spiro atoms. The number of rotatable bonds is 7. The molecule has 2 aromatic heterocycles. The average molecular weight is 400 g/mol. The van der Waals surface area contributed by atoms with Gasteiger partial charge >= 0.3 is 0 Å². The number of nitrogens with two attached hydrogens (primary N) is 1. The van der Waals surface area contributed by atoms with Gasteiger partial charge in [-0.05, 0) is 62.8 Å². The van der Waals surface area contributed by atoms with Gasteiger partial charge < -0.3 is 25.8 Å². The molecular formula is C20H25N5O2S. The predicted octanol–water partition coefficient (Wildman–Crippen LogP) is 2.76. The first-order valence-corrected chi connectivity index (χ1v) is 9.85. The number of nitrogen functional groups attached to an aromatic ring is 1. The van der Waals surface area contributed by atoms with E-state index in [0.29, 0.717) is 28.5 Å². The number of carbonyl (C=O) groups is 2. The number of carbonyl (C=O) groups excluding carboxylic acids is 2. The molecule has 0 unspecified atom stereocenters. The maximum absolute atomic E-state index is 12.4. The van der Waals surface area contributed by atoms with Gasteiger partial charge in [0.05, 0.1) is 10.6 Å². The van der Waals surface area contributed by atoms with E-state index in [1.54, 1.807) is 23.9 Å². The number of hydrogen-bond acceptors (Lipinski definition) is 5. The van der Waals surface area contributed by atoms with Crippen LogP contribution < -0.4 is 16.4 Å². The number of fused-ring (bicyclic) bond motifs is 1. The number of anilines is 2. The van der Waals surface area contributed by atoms with Gasteiger partial charge in [0.2, 0.25) is 0 Å². The molecule has 3 aromatic rings. The van der Waals surface area contributed by atoms with E-state index in [0.717, 1.165) is 23.1 Å². The van der Waals surface area contributed by atoms with E-state index >= 15 is 0 Å². The summed E-state index contributed by atoms with van der Waals surface area (Å²) in [5.41, 5.74) is 7.44. The molecular weight excluding hydrogens is 374 g/mol. The first-order valence-electron chi connectivity index (χ1n) is 9.03. The molecule has 0 atom stereocenters. The second kappa shape index (κ2) is 8.45. The van der Waals surface area contributed by atoms with E-state index in [4.69, 9.17) is 5.73 Å². The highest BCUT2D eigenvalue weighted by molar-refractivity contribution is 7.20. The van der Waals surface area contributed by atoms with E-state index < -0.39 is 0 Å². The number of nitrogens with one attached hydrogen (secondary N) is 2. The molecule has 2 amide bonds. The normalized spacial score (nSPS) is 11.1. The monoisotopic (exact) mass is 399 g/mol. The van der Waals surface area contributed by atoms with Crippen molar-refractivity contribution >= 4 is 44.6 Å². The summed E-state index contributed by atoms with van der Waals surface area (Å²) >= 11 is 1.44. The Morgan fingerprint density at radius 2 is 1.96 bits per heavy atom. The van der Waals surface area contributed by atoms with Gasteiger partial charge in [0.15, 0.2) is 0 Å². The Labute approximate surface area is 168 Å². The third-order valence-electron chi connectivity index (χ3n) is 4.32. The molecule has 8 heteroatoms. The molecule has 1 aromatic carbocycles. The van der Waals surface area contributed by atoms with Crippen LogP contribution in [0.15, 0.2) is 36.5 Å². The van der Waals surface area contributed by atoms with Crippen LogP contribution in [0, 0.1) is 0 Å². The van der Waals surface area contributed by atoms with Crippen LogP contribution in [0.1, 0.15) is 26.6 Å². The number of hydrogen-bond donors (Lipinski definition) is 3. The summed E-state index contributed by atoms with van der Waals surface area (Å²) in [5.74, 6) is -0.294. The van der Waals surface area contributed by atoms with E-state index in [1.807, 2.05) is 38.4 Å². The van der Waals surface area contributed by atoms with Crippen LogP contribution in [0.25, 0.3) is 10.1 Å². The summed E-state index contributed by atoms with van der Waals surface area (Å²) in [6, 6.07) is 9.12. The standard InChI is InChI=1S/C20H25N5O2S/c1-24(2)8-4-7-22-20(27)18-10-13-9-15(5-6-17(13)28-18)23-19(26)16-11-14(21)12-25(16)3/h5-6,9-12H,4,7-8,21H2,1-3H3,(H,22,27)(H,23,26). The van der Waals surface area contributed by atoms with Gasteiger partial charge in [0.25, 0.3) is 11.8 Å². The maximum Gasteiger partial charge on any atom is 0.272 e. The molecule has 3 rings (SSSR count). The van der Waals surface area contributed by atoms with Crippen molar-refractivity contribution in [1.82, 2.24) is 14.8 Å². The zero-order valence-electron chi connectivity index (χ0n) is 16.3. The van der Waals surface area contributed by atoms with Gasteiger partial charge in [0, 0.05) is 30.2 Å². The summed E-state index contributed by atoms with van der Waals surface area (Å²) in [6.07, 6.45) is 2.60. The molecule has 0 fully saturated rings. The molecule has 0 radical (unpaired) electrons. The van der Waals surface area contributed by atoms with Crippen LogP contribution in [-0.4, -0.2) is 48.5 Å². The molecule has 0 bridgehead atoms. The average Bonchev–Trinajstić information content (AvgIpc) is 3.20. The summed E-state index contributed by atoms with van der Waals surface area (Å²) in [7, 11) is 5.80. The summed E-state index contributed by atoms with van der Waals surface area (Å²) in [5, 5.41) is 6.76. The van der Waals surface area contributed by atoms with Gasteiger partial charge in [-0.3, -0.25) is 9.59 Å². The molecule has 0 saturated heterocycles. The minimum Gasteiger partial charge on any atom is -0.397 e. The van der Waals surface area contributed by atoms with Gasteiger partial charge in [-0.15, -0.1) is 11.3 Å². The van der Waals surface area contributed by atoms with E-state index in [-0.39, 0.29) is 11.8 Å². The fourth-order valence-corrected chi connectivity index (χ4v) is 3.89. The van der Waals surface area contributed by atoms with Crippen LogP contribution in [0.3, 0.4) is 0 Å². The quantitative estimate of drug-likeness (QED) is 0.533. The lowest BCUT2D eigenvalue weighted by molar-refractivity contribution is 0.0955. The molecule has 2 heterocycles. The van der Waals surface area contributed by atoms with Crippen molar-refractivity contribution in [2.75, 3.05) is 38.2 Å². The van der Waals surface area contributed by atoms with Crippen molar-refractivity contribution in [1.29, 1.82) is 0 Å². The first-order chi connectivity index (χ1) is 13.3. The van der Waals surface area contributed by atoms with E-state index in [1.165, 1.54) is 11.3 Å². The summed E-state index contributed by atoms with van der Waals surface area (Å²) < 4.78 is 2.69. The van der Waals surface area contributed by atoms with Gasteiger partial charge in [-0.25, -0.2) is 0 Å². The van der Waals surface area contributed by atoms with Gasteiger partial charge in [0.1, 0.15) is 5.69 Å². The number of benzene rings is 1. The molecule has 4 N–H and O–H groups in total. The van der Waals surface area contributed by atoms with Crippen LogP contribution in [0.5, 0.6) is 0 Å². The lowest BCUT2D eigenvalue weighted by Gasteiger charge is -2.09. The first kappa shape index (κ1) is 19.9. The molecule has 0 aliphatic rings. The molecule has 148 valence electrons. The van der Waals surface area contributed by atoms with E-state index in [2.05, 4.69) is 15.5 Å². The lowest BCUT2D eigenvalue weighted by Crippen LogP contribution is -2.26.